The van der Waals surface area contributed by atoms with Gasteiger partial charge in [-0.3, -0.25) is 9.59 Å². The molecule has 144 valence electrons. The van der Waals surface area contributed by atoms with Crippen LogP contribution in [0.2, 0.25) is 0 Å². The zero-order valence-electron chi connectivity index (χ0n) is 15.4. The van der Waals surface area contributed by atoms with Crippen molar-refractivity contribution in [2.75, 3.05) is 11.6 Å². The van der Waals surface area contributed by atoms with E-state index in [1.54, 1.807) is 12.1 Å². The number of carbonyl (C=O) groups excluding carboxylic acids is 2. The quantitative estimate of drug-likeness (QED) is 0.770. The number of sulfone groups is 1. The van der Waals surface area contributed by atoms with Gasteiger partial charge in [-0.05, 0) is 56.0 Å². The molecule has 1 saturated carbocycles. The van der Waals surface area contributed by atoms with Crippen molar-refractivity contribution >= 4 is 38.0 Å². The second-order valence-corrected chi connectivity index (χ2v) is 9.99. The number of hydrogen-bond acceptors (Lipinski definition) is 5. The van der Waals surface area contributed by atoms with Gasteiger partial charge >= 0.3 is 0 Å². The Morgan fingerprint density at radius 3 is 2.37 bits per heavy atom. The summed E-state index contributed by atoms with van der Waals surface area (Å²) in [5.74, 6) is -0.0914. The van der Waals surface area contributed by atoms with E-state index in [1.807, 2.05) is 19.9 Å². The van der Waals surface area contributed by atoms with Crippen LogP contribution in [0.3, 0.4) is 0 Å². The fourth-order valence-electron chi connectivity index (χ4n) is 2.69. The first-order chi connectivity index (χ1) is 12.6. The molecule has 0 bridgehead atoms. The molecule has 2 aromatic rings. The number of amides is 2. The molecule has 1 aromatic heterocycles. The summed E-state index contributed by atoms with van der Waals surface area (Å²) in [4.78, 5) is 25.3. The topological polar surface area (TPSA) is 92.3 Å². The number of thiophene rings is 1. The van der Waals surface area contributed by atoms with Crippen molar-refractivity contribution in [2.45, 2.75) is 37.6 Å². The van der Waals surface area contributed by atoms with Crippen molar-refractivity contribution in [3.05, 3.63) is 46.3 Å². The van der Waals surface area contributed by atoms with E-state index in [9.17, 15) is 18.0 Å². The first kappa shape index (κ1) is 19.6. The molecule has 0 aliphatic heterocycles. The van der Waals surface area contributed by atoms with E-state index in [0.29, 0.717) is 9.88 Å². The molecule has 1 aliphatic rings. The van der Waals surface area contributed by atoms with E-state index in [2.05, 4.69) is 10.6 Å². The lowest BCUT2D eigenvalue weighted by Crippen LogP contribution is -2.26. The molecular weight excluding hydrogens is 384 g/mol. The van der Waals surface area contributed by atoms with Gasteiger partial charge in [0.2, 0.25) is 5.91 Å². The van der Waals surface area contributed by atoms with Crippen molar-refractivity contribution in [1.29, 1.82) is 0 Å². The third kappa shape index (κ3) is 4.75. The van der Waals surface area contributed by atoms with E-state index >= 15 is 0 Å². The van der Waals surface area contributed by atoms with Crippen LogP contribution in [0.15, 0.2) is 35.2 Å². The van der Waals surface area contributed by atoms with Gasteiger partial charge in [-0.25, -0.2) is 8.42 Å². The highest BCUT2D eigenvalue weighted by atomic mass is 32.2. The van der Waals surface area contributed by atoms with Gasteiger partial charge in [0.15, 0.2) is 9.84 Å². The highest BCUT2D eigenvalue weighted by Gasteiger charge is 2.30. The molecule has 0 spiro atoms. The molecule has 0 radical (unpaired) electrons. The number of rotatable bonds is 6. The minimum Gasteiger partial charge on any atom is -0.345 e. The summed E-state index contributed by atoms with van der Waals surface area (Å²) in [7, 11) is -3.25. The molecule has 3 rings (SSSR count). The number of nitrogens with one attached hydrogen (secondary N) is 2. The van der Waals surface area contributed by atoms with E-state index in [4.69, 9.17) is 0 Å². The van der Waals surface area contributed by atoms with Crippen LogP contribution in [0.1, 0.15) is 46.6 Å². The predicted molar refractivity (Wildman–Crippen MR) is 106 cm³/mol. The Hall–Kier alpha value is -2.19. The normalized spacial score (nSPS) is 15.2. The van der Waals surface area contributed by atoms with Crippen molar-refractivity contribution in [1.82, 2.24) is 5.32 Å². The number of aryl methyl sites for hydroxylation is 1. The molecule has 0 unspecified atom stereocenters. The second-order valence-electron chi connectivity index (χ2n) is 6.92. The number of benzene rings is 1. The fraction of sp³-hybridized carbons (Fsp3) is 0.368. The Morgan fingerprint density at radius 1 is 1.19 bits per heavy atom. The SMILES string of the molecule is Cc1cc(NC(=O)C2CC2)sc1C(=O)N[C@@H](C)c1ccc(S(C)(=O)=O)cc1. The minimum absolute atomic E-state index is 0.0162. The first-order valence-corrected chi connectivity index (χ1v) is 11.4. The Bertz CT molecular complexity index is 974. The standard InChI is InChI=1S/C19H22N2O4S2/c1-11-10-16(21-18(22)14-4-5-14)26-17(11)19(23)20-12(2)13-6-8-15(9-7-13)27(3,24)25/h6-10,12,14H,4-5H2,1-3H3,(H,20,23)(H,21,22)/t12-/m0/s1. The van der Waals surface area contributed by atoms with Gasteiger partial charge < -0.3 is 10.6 Å². The highest BCUT2D eigenvalue weighted by molar-refractivity contribution is 7.90. The Labute approximate surface area is 162 Å². The molecule has 0 saturated heterocycles. The summed E-state index contributed by atoms with van der Waals surface area (Å²) in [6.07, 6.45) is 3.02. The van der Waals surface area contributed by atoms with Crippen LogP contribution < -0.4 is 10.6 Å². The summed E-state index contributed by atoms with van der Waals surface area (Å²) in [5.41, 5.74) is 1.62. The van der Waals surface area contributed by atoms with Gasteiger partial charge in [0, 0.05) is 12.2 Å². The van der Waals surface area contributed by atoms with Gasteiger partial charge in [-0.1, -0.05) is 12.1 Å². The van der Waals surface area contributed by atoms with Crippen LogP contribution in [-0.4, -0.2) is 26.5 Å². The summed E-state index contributed by atoms with van der Waals surface area (Å²) in [6, 6.07) is 8.00. The van der Waals surface area contributed by atoms with E-state index in [-0.39, 0.29) is 28.7 Å². The largest absolute Gasteiger partial charge is 0.345 e. The molecule has 8 heteroatoms. The third-order valence-corrected chi connectivity index (χ3v) is 6.75. The van der Waals surface area contributed by atoms with Crippen LogP contribution in [0.4, 0.5) is 5.00 Å². The van der Waals surface area contributed by atoms with Crippen LogP contribution in [-0.2, 0) is 14.6 Å². The van der Waals surface area contributed by atoms with Crippen LogP contribution in [0.25, 0.3) is 0 Å². The number of hydrogen-bond donors (Lipinski definition) is 2. The Balaban J connectivity index is 1.67. The molecule has 1 heterocycles. The predicted octanol–water partition coefficient (Wildman–Crippen LogP) is 3.30. The highest BCUT2D eigenvalue weighted by Crippen LogP contribution is 2.33. The molecule has 1 atom stereocenters. The molecule has 2 N–H and O–H groups in total. The first-order valence-electron chi connectivity index (χ1n) is 8.67. The van der Waals surface area contributed by atoms with Gasteiger partial charge in [-0.2, -0.15) is 0 Å². The molecule has 6 nitrogen and oxygen atoms in total. The molecule has 27 heavy (non-hydrogen) atoms. The second kappa shape index (κ2) is 7.44. The molecule has 1 aromatic carbocycles. The fourth-order valence-corrected chi connectivity index (χ4v) is 4.30. The lowest BCUT2D eigenvalue weighted by molar-refractivity contribution is -0.117. The molecule has 1 fully saturated rings. The monoisotopic (exact) mass is 406 g/mol. The smallest absolute Gasteiger partial charge is 0.262 e. The zero-order chi connectivity index (χ0) is 19.8. The minimum atomic E-state index is -3.25. The van der Waals surface area contributed by atoms with Gasteiger partial charge in [0.25, 0.3) is 5.91 Å². The van der Waals surface area contributed by atoms with E-state index in [0.717, 1.165) is 30.2 Å². The van der Waals surface area contributed by atoms with Crippen LogP contribution in [0, 0.1) is 12.8 Å². The summed E-state index contributed by atoms with van der Waals surface area (Å²) in [6.45, 7) is 3.68. The summed E-state index contributed by atoms with van der Waals surface area (Å²) in [5, 5.41) is 6.47. The maximum absolute atomic E-state index is 12.6. The van der Waals surface area contributed by atoms with Crippen molar-refractivity contribution in [2.24, 2.45) is 5.92 Å². The van der Waals surface area contributed by atoms with E-state index < -0.39 is 9.84 Å². The summed E-state index contributed by atoms with van der Waals surface area (Å²) >= 11 is 1.26. The molecule has 1 aliphatic carbocycles. The van der Waals surface area contributed by atoms with E-state index in [1.165, 1.54) is 23.5 Å². The molecular formula is C19H22N2O4S2. The van der Waals surface area contributed by atoms with Crippen molar-refractivity contribution in [3.8, 4) is 0 Å². The maximum atomic E-state index is 12.6. The third-order valence-electron chi connectivity index (χ3n) is 4.47. The maximum Gasteiger partial charge on any atom is 0.262 e. The Morgan fingerprint density at radius 2 is 1.81 bits per heavy atom. The number of anilines is 1. The van der Waals surface area contributed by atoms with Gasteiger partial charge in [0.05, 0.1) is 20.8 Å². The van der Waals surface area contributed by atoms with Crippen LogP contribution in [0.5, 0.6) is 0 Å². The Kier molecular flexibility index (Phi) is 5.39. The lowest BCUT2D eigenvalue weighted by Gasteiger charge is -2.14. The number of carbonyl (C=O) groups is 2. The van der Waals surface area contributed by atoms with Gasteiger partial charge in [-0.15, -0.1) is 11.3 Å². The van der Waals surface area contributed by atoms with Crippen molar-refractivity contribution in [3.63, 3.8) is 0 Å². The van der Waals surface area contributed by atoms with Gasteiger partial charge in [0.1, 0.15) is 0 Å². The zero-order valence-corrected chi connectivity index (χ0v) is 17.0. The average Bonchev–Trinajstić information content (AvgIpc) is 3.38. The lowest BCUT2D eigenvalue weighted by atomic mass is 10.1. The van der Waals surface area contributed by atoms with Crippen LogP contribution >= 0.6 is 11.3 Å². The van der Waals surface area contributed by atoms with Crippen molar-refractivity contribution < 1.29 is 18.0 Å². The molecule has 2 amide bonds. The average molecular weight is 407 g/mol. The summed E-state index contributed by atoms with van der Waals surface area (Å²) < 4.78 is 23.1.